The molecule has 0 aromatic heterocycles. The van der Waals surface area contributed by atoms with Crippen LogP contribution in [0.3, 0.4) is 0 Å². The van der Waals surface area contributed by atoms with Gasteiger partial charge in [0, 0.05) is 10.6 Å². The van der Waals surface area contributed by atoms with Gasteiger partial charge in [0.15, 0.2) is 5.60 Å². The van der Waals surface area contributed by atoms with Gasteiger partial charge in [-0.15, -0.1) is 0 Å². The molecule has 1 heterocycles. The first-order chi connectivity index (χ1) is 7.45. The van der Waals surface area contributed by atoms with E-state index in [-0.39, 0.29) is 5.97 Å². The van der Waals surface area contributed by atoms with Gasteiger partial charge in [0.2, 0.25) is 0 Å². The third-order valence-electron chi connectivity index (χ3n) is 3.24. The van der Waals surface area contributed by atoms with Crippen molar-refractivity contribution in [2.45, 2.75) is 25.0 Å². The number of hydrogen-bond donors (Lipinski definition) is 0. The van der Waals surface area contributed by atoms with Crippen LogP contribution in [-0.2, 0) is 19.9 Å². The molecule has 0 amide bonds. The quantitative estimate of drug-likeness (QED) is 0.589. The van der Waals surface area contributed by atoms with Crippen molar-refractivity contribution in [1.29, 1.82) is 0 Å². The Labute approximate surface area is 99.3 Å². The van der Waals surface area contributed by atoms with Crippen LogP contribution in [0.15, 0.2) is 24.3 Å². The Morgan fingerprint density at radius 3 is 2.56 bits per heavy atom. The Morgan fingerprint density at radius 2 is 2.00 bits per heavy atom. The molecule has 16 heavy (non-hydrogen) atoms. The maximum absolute atomic E-state index is 11.6. The summed E-state index contributed by atoms with van der Waals surface area (Å²) in [7, 11) is 1.35. The molecule has 1 aliphatic rings. The summed E-state index contributed by atoms with van der Waals surface area (Å²) in [5, 5.41) is 0.595. The molecule has 0 N–H and O–H groups in total. The predicted molar refractivity (Wildman–Crippen MR) is 60.3 cm³/mol. The van der Waals surface area contributed by atoms with Crippen LogP contribution >= 0.6 is 11.6 Å². The van der Waals surface area contributed by atoms with Crippen LogP contribution in [-0.4, -0.2) is 18.7 Å². The predicted octanol–water partition coefficient (Wildman–Crippen LogP) is 2.52. The summed E-state index contributed by atoms with van der Waals surface area (Å²) in [5.74, 6) is -0.380. The number of hydrogen-bond acceptors (Lipinski definition) is 3. The zero-order valence-electron chi connectivity index (χ0n) is 9.41. The van der Waals surface area contributed by atoms with Crippen molar-refractivity contribution in [2.75, 3.05) is 7.11 Å². The zero-order chi connectivity index (χ0) is 12.0. The molecule has 4 heteroatoms. The SMILES string of the molecule is COC(=O)C1(C)OC1(C)c1ccccc1Cl. The van der Waals surface area contributed by atoms with E-state index in [2.05, 4.69) is 0 Å². The topological polar surface area (TPSA) is 38.8 Å². The lowest BCUT2D eigenvalue weighted by Gasteiger charge is -2.12. The van der Waals surface area contributed by atoms with Crippen molar-refractivity contribution in [1.82, 2.24) is 0 Å². The molecule has 0 radical (unpaired) electrons. The molecule has 2 atom stereocenters. The van der Waals surface area contributed by atoms with Gasteiger partial charge in [-0.2, -0.15) is 0 Å². The van der Waals surface area contributed by atoms with E-state index in [1.54, 1.807) is 13.0 Å². The zero-order valence-corrected chi connectivity index (χ0v) is 10.2. The second-order valence-corrected chi connectivity index (χ2v) is 4.55. The molecular formula is C12H13ClO3. The van der Waals surface area contributed by atoms with E-state index >= 15 is 0 Å². The van der Waals surface area contributed by atoms with Gasteiger partial charge in [-0.3, -0.25) is 0 Å². The lowest BCUT2D eigenvalue weighted by molar-refractivity contribution is -0.146. The highest BCUT2D eigenvalue weighted by Gasteiger charge is 2.71. The molecule has 3 nitrogen and oxygen atoms in total. The summed E-state index contributed by atoms with van der Waals surface area (Å²) in [5.41, 5.74) is -0.824. The highest BCUT2D eigenvalue weighted by Crippen LogP contribution is 2.57. The fourth-order valence-corrected chi connectivity index (χ4v) is 2.29. The average molecular weight is 241 g/mol. The molecule has 1 saturated heterocycles. The van der Waals surface area contributed by atoms with Crippen molar-refractivity contribution < 1.29 is 14.3 Å². The second kappa shape index (κ2) is 3.47. The Kier molecular flexibility index (Phi) is 2.48. The monoisotopic (exact) mass is 240 g/mol. The van der Waals surface area contributed by atoms with Gasteiger partial charge in [-0.1, -0.05) is 29.8 Å². The summed E-state index contributed by atoms with van der Waals surface area (Å²) in [6, 6.07) is 7.34. The number of carbonyl (C=O) groups is 1. The highest BCUT2D eigenvalue weighted by molar-refractivity contribution is 6.31. The maximum atomic E-state index is 11.6. The summed E-state index contributed by atoms with van der Waals surface area (Å²) in [6.45, 7) is 3.55. The minimum atomic E-state index is -0.938. The number of epoxide rings is 1. The molecule has 0 aliphatic carbocycles. The first kappa shape index (κ1) is 11.4. The largest absolute Gasteiger partial charge is 0.467 e. The second-order valence-electron chi connectivity index (χ2n) is 4.14. The molecule has 1 aromatic carbocycles. The maximum Gasteiger partial charge on any atom is 0.341 e. The van der Waals surface area contributed by atoms with E-state index in [0.717, 1.165) is 5.56 Å². The molecule has 1 aliphatic heterocycles. The van der Waals surface area contributed by atoms with E-state index in [1.165, 1.54) is 7.11 Å². The fraction of sp³-hybridized carbons (Fsp3) is 0.417. The lowest BCUT2D eigenvalue weighted by atomic mass is 9.89. The van der Waals surface area contributed by atoms with Crippen LogP contribution in [0.2, 0.25) is 5.02 Å². The molecule has 1 aromatic rings. The number of carbonyl (C=O) groups excluding carboxylic acids is 1. The Morgan fingerprint density at radius 1 is 1.38 bits per heavy atom. The standard InChI is InChI=1S/C12H13ClO3/c1-11(8-6-4-5-7-9(8)13)12(2,16-11)10(14)15-3/h4-7H,1-3H3. The van der Waals surface area contributed by atoms with E-state index in [1.807, 2.05) is 25.1 Å². The van der Waals surface area contributed by atoms with E-state index in [9.17, 15) is 4.79 Å². The van der Waals surface area contributed by atoms with Crippen LogP contribution in [0.5, 0.6) is 0 Å². The number of rotatable bonds is 2. The number of methoxy groups -OCH3 is 1. The van der Waals surface area contributed by atoms with E-state index in [0.29, 0.717) is 5.02 Å². The average Bonchev–Trinajstić information content (AvgIpc) is 2.83. The molecular weight excluding hydrogens is 228 g/mol. The highest BCUT2D eigenvalue weighted by atomic mass is 35.5. The Bertz CT molecular complexity index is 446. The number of esters is 1. The Hall–Kier alpha value is -1.06. The van der Waals surface area contributed by atoms with Gasteiger partial charge in [0.05, 0.1) is 7.11 Å². The van der Waals surface area contributed by atoms with Crippen molar-refractivity contribution in [3.8, 4) is 0 Å². The smallest absolute Gasteiger partial charge is 0.341 e. The van der Waals surface area contributed by atoms with Crippen molar-refractivity contribution >= 4 is 17.6 Å². The van der Waals surface area contributed by atoms with Crippen molar-refractivity contribution in [2.24, 2.45) is 0 Å². The first-order valence-electron chi connectivity index (χ1n) is 4.99. The van der Waals surface area contributed by atoms with Gasteiger partial charge >= 0.3 is 5.97 Å². The minimum Gasteiger partial charge on any atom is -0.467 e. The molecule has 0 saturated carbocycles. The van der Waals surface area contributed by atoms with Gasteiger partial charge in [0.1, 0.15) is 5.60 Å². The van der Waals surface area contributed by atoms with E-state index < -0.39 is 11.2 Å². The summed E-state index contributed by atoms with van der Waals surface area (Å²) in [6.07, 6.45) is 0. The molecule has 2 rings (SSSR count). The van der Waals surface area contributed by atoms with Crippen LogP contribution < -0.4 is 0 Å². The van der Waals surface area contributed by atoms with E-state index in [4.69, 9.17) is 21.1 Å². The van der Waals surface area contributed by atoms with Crippen molar-refractivity contribution in [3.05, 3.63) is 34.9 Å². The number of halogens is 1. The fourth-order valence-electron chi connectivity index (χ4n) is 1.97. The molecule has 0 bridgehead atoms. The van der Waals surface area contributed by atoms with Crippen LogP contribution in [0.25, 0.3) is 0 Å². The van der Waals surface area contributed by atoms with Gasteiger partial charge in [0.25, 0.3) is 0 Å². The third kappa shape index (κ3) is 1.35. The molecule has 1 fully saturated rings. The summed E-state index contributed by atoms with van der Waals surface area (Å²) < 4.78 is 10.3. The van der Waals surface area contributed by atoms with Crippen LogP contribution in [0, 0.1) is 0 Å². The molecule has 2 unspecified atom stereocenters. The molecule has 0 spiro atoms. The van der Waals surface area contributed by atoms with Crippen LogP contribution in [0.4, 0.5) is 0 Å². The van der Waals surface area contributed by atoms with Gasteiger partial charge in [-0.05, 0) is 19.9 Å². The number of ether oxygens (including phenoxy) is 2. The summed E-state index contributed by atoms with van der Waals surface area (Å²) in [4.78, 5) is 11.6. The minimum absolute atomic E-state index is 0.380. The Balaban J connectivity index is 2.38. The summed E-state index contributed by atoms with van der Waals surface area (Å²) >= 11 is 6.09. The van der Waals surface area contributed by atoms with Crippen LogP contribution in [0.1, 0.15) is 19.4 Å². The van der Waals surface area contributed by atoms with Crippen molar-refractivity contribution in [3.63, 3.8) is 0 Å². The number of benzene rings is 1. The van der Waals surface area contributed by atoms with Gasteiger partial charge in [-0.25, -0.2) is 4.79 Å². The molecule has 86 valence electrons. The normalized spacial score (nSPS) is 32.2. The first-order valence-corrected chi connectivity index (χ1v) is 5.37. The third-order valence-corrected chi connectivity index (χ3v) is 3.57. The lowest BCUT2D eigenvalue weighted by Crippen LogP contribution is -2.29. The van der Waals surface area contributed by atoms with Gasteiger partial charge < -0.3 is 9.47 Å².